The highest BCUT2D eigenvalue weighted by atomic mass is 15.3. The van der Waals surface area contributed by atoms with Crippen LogP contribution in [0, 0.1) is 0 Å². The topological polar surface area (TPSA) is 33.1 Å². The Morgan fingerprint density at radius 2 is 2.39 bits per heavy atom. The molecule has 0 aliphatic carbocycles. The van der Waals surface area contributed by atoms with E-state index in [1.807, 2.05) is 6.20 Å². The van der Waals surface area contributed by atoms with Crippen molar-refractivity contribution >= 4 is 0 Å². The molecule has 1 atom stereocenters. The van der Waals surface area contributed by atoms with Crippen LogP contribution in [0.4, 0.5) is 0 Å². The molecule has 2 heterocycles. The van der Waals surface area contributed by atoms with Crippen LogP contribution in [0.3, 0.4) is 0 Å². The smallest absolute Gasteiger partial charge is 0.0534 e. The van der Waals surface area contributed by atoms with Crippen molar-refractivity contribution in [2.24, 2.45) is 0 Å². The van der Waals surface area contributed by atoms with Crippen LogP contribution >= 0.6 is 0 Å². The summed E-state index contributed by atoms with van der Waals surface area (Å²) in [6.45, 7) is 9.94. The molecule has 1 N–H and O–H groups in total. The first-order valence-electron chi connectivity index (χ1n) is 7.29. The normalized spacial score (nSPS) is 19.8. The van der Waals surface area contributed by atoms with Crippen LogP contribution in [0.5, 0.6) is 0 Å². The molecule has 0 aromatic carbocycles. The first-order valence-corrected chi connectivity index (χ1v) is 7.29. The Kier molecular flexibility index (Phi) is 5.20. The van der Waals surface area contributed by atoms with Crippen molar-refractivity contribution in [3.05, 3.63) is 18.0 Å². The van der Waals surface area contributed by atoms with Gasteiger partial charge in [-0.2, -0.15) is 5.10 Å². The molecule has 1 fully saturated rings. The molecular weight excluding hydrogens is 224 g/mol. The molecule has 18 heavy (non-hydrogen) atoms. The monoisotopic (exact) mass is 250 g/mol. The largest absolute Gasteiger partial charge is 0.313 e. The second kappa shape index (κ2) is 6.90. The van der Waals surface area contributed by atoms with E-state index in [1.54, 1.807) is 0 Å². The van der Waals surface area contributed by atoms with Crippen molar-refractivity contribution in [2.45, 2.75) is 52.2 Å². The van der Waals surface area contributed by atoms with Crippen LogP contribution in [0.15, 0.2) is 12.4 Å². The fraction of sp³-hybridized carbons (Fsp3) is 0.786. The molecule has 1 aliphatic rings. The minimum atomic E-state index is 0.690. The third kappa shape index (κ3) is 3.82. The van der Waals surface area contributed by atoms with Crippen molar-refractivity contribution in [1.82, 2.24) is 20.0 Å². The zero-order valence-corrected chi connectivity index (χ0v) is 11.7. The quantitative estimate of drug-likeness (QED) is 0.802. The number of hydrogen-bond donors (Lipinski definition) is 1. The van der Waals surface area contributed by atoms with Gasteiger partial charge in [-0.3, -0.25) is 9.58 Å². The van der Waals surface area contributed by atoms with Crippen LogP contribution in [-0.2, 0) is 13.1 Å². The van der Waals surface area contributed by atoms with E-state index >= 15 is 0 Å². The summed E-state index contributed by atoms with van der Waals surface area (Å²) in [7, 11) is 0. The van der Waals surface area contributed by atoms with E-state index in [9.17, 15) is 0 Å². The number of aryl methyl sites for hydroxylation is 1. The zero-order chi connectivity index (χ0) is 12.8. The van der Waals surface area contributed by atoms with Gasteiger partial charge in [-0.05, 0) is 32.4 Å². The van der Waals surface area contributed by atoms with E-state index in [2.05, 4.69) is 40.0 Å². The van der Waals surface area contributed by atoms with Crippen molar-refractivity contribution in [1.29, 1.82) is 0 Å². The van der Waals surface area contributed by atoms with Crippen LogP contribution in [0.1, 0.15) is 38.7 Å². The minimum Gasteiger partial charge on any atom is -0.313 e. The maximum atomic E-state index is 4.40. The molecule has 0 saturated carbocycles. The number of rotatable bonds is 7. The zero-order valence-electron chi connectivity index (χ0n) is 11.7. The van der Waals surface area contributed by atoms with Crippen molar-refractivity contribution in [3.63, 3.8) is 0 Å². The van der Waals surface area contributed by atoms with Gasteiger partial charge < -0.3 is 5.32 Å². The molecule has 4 nitrogen and oxygen atoms in total. The molecule has 2 rings (SSSR count). The Morgan fingerprint density at radius 1 is 1.50 bits per heavy atom. The molecule has 1 unspecified atom stereocenters. The summed E-state index contributed by atoms with van der Waals surface area (Å²) in [5.74, 6) is 0. The van der Waals surface area contributed by atoms with Gasteiger partial charge in [-0.25, -0.2) is 0 Å². The van der Waals surface area contributed by atoms with Crippen molar-refractivity contribution < 1.29 is 0 Å². The number of aromatic nitrogens is 2. The fourth-order valence-electron chi connectivity index (χ4n) is 2.63. The summed E-state index contributed by atoms with van der Waals surface area (Å²) in [4.78, 5) is 2.51. The van der Waals surface area contributed by atoms with Crippen LogP contribution in [0.25, 0.3) is 0 Å². The van der Waals surface area contributed by atoms with Gasteiger partial charge in [0.1, 0.15) is 0 Å². The summed E-state index contributed by atoms with van der Waals surface area (Å²) in [5, 5.41) is 7.97. The van der Waals surface area contributed by atoms with E-state index in [0.29, 0.717) is 6.04 Å². The SMILES string of the molecule is CCCn1cc(CN(CC)CC2CCCN2)cn1. The number of likely N-dealkylation sites (N-methyl/N-ethyl adjacent to an activating group) is 1. The van der Waals surface area contributed by atoms with Crippen molar-refractivity contribution in [2.75, 3.05) is 19.6 Å². The van der Waals surface area contributed by atoms with Crippen molar-refractivity contribution in [3.8, 4) is 0 Å². The molecule has 1 aromatic rings. The van der Waals surface area contributed by atoms with Gasteiger partial charge in [0.15, 0.2) is 0 Å². The van der Waals surface area contributed by atoms with Gasteiger partial charge in [-0.1, -0.05) is 13.8 Å². The van der Waals surface area contributed by atoms with Gasteiger partial charge in [0, 0.05) is 37.4 Å². The number of hydrogen-bond acceptors (Lipinski definition) is 3. The lowest BCUT2D eigenvalue weighted by Gasteiger charge is -2.23. The Labute approximate surface area is 110 Å². The molecule has 0 spiro atoms. The van der Waals surface area contributed by atoms with Crippen LogP contribution in [0.2, 0.25) is 0 Å². The summed E-state index contributed by atoms with van der Waals surface area (Å²) in [6.07, 6.45) is 8.00. The van der Waals surface area contributed by atoms with Crippen LogP contribution < -0.4 is 5.32 Å². The molecule has 1 aromatic heterocycles. The second-order valence-corrected chi connectivity index (χ2v) is 5.23. The van der Waals surface area contributed by atoms with E-state index in [0.717, 1.165) is 32.6 Å². The molecule has 0 radical (unpaired) electrons. The van der Waals surface area contributed by atoms with Crippen LogP contribution in [-0.4, -0.2) is 40.4 Å². The standard InChI is InChI=1S/C14H26N4/c1-3-8-18-11-13(9-16-18)10-17(4-2)12-14-6-5-7-15-14/h9,11,14-15H,3-8,10,12H2,1-2H3. The average Bonchev–Trinajstić information content (AvgIpc) is 3.01. The molecular formula is C14H26N4. The molecule has 1 aliphatic heterocycles. The highest BCUT2D eigenvalue weighted by Crippen LogP contribution is 2.10. The van der Waals surface area contributed by atoms with E-state index in [4.69, 9.17) is 0 Å². The Balaban J connectivity index is 1.83. The molecule has 4 heteroatoms. The molecule has 0 amide bonds. The predicted molar refractivity (Wildman–Crippen MR) is 74.5 cm³/mol. The first kappa shape index (κ1) is 13.6. The van der Waals surface area contributed by atoms with Gasteiger partial charge in [-0.15, -0.1) is 0 Å². The van der Waals surface area contributed by atoms with E-state index in [1.165, 1.54) is 24.9 Å². The lowest BCUT2D eigenvalue weighted by Crippen LogP contribution is -2.37. The van der Waals surface area contributed by atoms with E-state index < -0.39 is 0 Å². The van der Waals surface area contributed by atoms with Gasteiger partial charge >= 0.3 is 0 Å². The van der Waals surface area contributed by atoms with Gasteiger partial charge in [0.25, 0.3) is 0 Å². The fourth-order valence-corrected chi connectivity index (χ4v) is 2.63. The summed E-state index contributed by atoms with van der Waals surface area (Å²) < 4.78 is 2.05. The number of nitrogens with zero attached hydrogens (tertiary/aromatic N) is 3. The maximum absolute atomic E-state index is 4.40. The molecule has 102 valence electrons. The summed E-state index contributed by atoms with van der Waals surface area (Å²) in [6, 6.07) is 0.690. The molecule has 1 saturated heterocycles. The third-order valence-corrected chi connectivity index (χ3v) is 3.63. The highest BCUT2D eigenvalue weighted by molar-refractivity contribution is 5.03. The minimum absolute atomic E-state index is 0.690. The van der Waals surface area contributed by atoms with E-state index in [-0.39, 0.29) is 0 Å². The first-order chi connectivity index (χ1) is 8.81. The third-order valence-electron chi connectivity index (χ3n) is 3.63. The van der Waals surface area contributed by atoms with Gasteiger partial charge in [0.2, 0.25) is 0 Å². The second-order valence-electron chi connectivity index (χ2n) is 5.23. The lowest BCUT2D eigenvalue weighted by atomic mass is 10.2. The lowest BCUT2D eigenvalue weighted by molar-refractivity contribution is 0.253. The maximum Gasteiger partial charge on any atom is 0.0534 e. The Hall–Kier alpha value is -0.870. The summed E-state index contributed by atoms with van der Waals surface area (Å²) >= 11 is 0. The number of nitrogens with one attached hydrogen (secondary N) is 1. The summed E-state index contributed by atoms with van der Waals surface area (Å²) in [5.41, 5.74) is 1.34. The average molecular weight is 250 g/mol. The predicted octanol–water partition coefficient (Wildman–Crippen LogP) is 1.87. The Morgan fingerprint density at radius 3 is 3.06 bits per heavy atom. The molecule has 0 bridgehead atoms. The highest BCUT2D eigenvalue weighted by Gasteiger charge is 2.17. The Bertz CT molecular complexity index is 341. The van der Waals surface area contributed by atoms with Gasteiger partial charge in [0.05, 0.1) is 6.20 Å².